The Bertz CT molecular complexity index is 1680. The highest BCUT2D eigenvalue weighted by Crippen LogP contribution is 2.37. The zero-order valence-corrected chi connectivity index (χ0v) is 26.7. The molecule has 5 rings (SSSR count). The van der Waals surface area contributed by atoms with Gasteiger partial charge in [0.15, 0.2) is 0 Å². The first-order valence-electron chi connectivity index (χ1n) is 14.9. The summed E-state index contributed by atoms with van der Waals surface area (Å²) >= 11 is 12.6. The summed E-state index contributed by atoms with van der Waals surface area (Å²) in [5.74, 6) is 0.408. The minimum Gasteiger partial charge on any atom is -0.496 e. The molecule has 0 bridgehead atoms. The van der Waals surface area contributed by atoms with Gasteiger partial charge >= 0.3 is 6.03 Å². The van der Waals surface area contributed by atoms with Crippen LogP contribution in [0.2, 0.25) is 10.0 Å². The van der Waals surface area contributed by atoms with Crippen LogP contribution in [0.4, 0.5) is 10.5 Å². The van der Waals surface area contributed by atoms with E-state index in [-0.39, 0.29) is 18.0 Å². The van der Waals surface area contributed by atoms with E-state index >= 15 is 0 Å². The molecule has 2 heterocycles. The second kappa shape index (κ2) is 14.3. The van der Waals surface area contributed by atoms with Crippen LogP contribution in [0.25, 0.3) is 10.9 Å². The summed E-state index contributed by atoms with van der Waals surface area (Å²) in [7, 11) is 1.59. The molecule has 230 valence electrons. The Morgan fingerprint density at radius 3 is 2.61 bits per heavy atom. The number of hydrogen-bond acceptors (Lipinski definition) is 5. The average molecular weight is 635 g/mol. The van der Waals surface area contributed by atoms with Crippen molar-refractivity contribution in [2.45, 2.75) is 39.2 Å². The van der Waals surface area contributed by atoms with Crippen molar-refractivity contribution in [1.29, 1.82) is 0 Å². The third-order valence-corrected chi connectivity index (χ3v) is 8.64. The van der Waals surface area contributed by atoms with Gasteiger partial charge in [0.05, 0.1) is 33.9 Å². The molecule has 1 aliphatic heterocycles. The first-order chi connectivity index (χ1) is 21.3. The van der Waals surface area contributed by atoms with Gasteiger partial charge in [-0.2, -0.15) is 0 Å². The second-order valence-corrected chi connectivity index (χ2v) is 11.8. The second-order valence-electron chi connectivity index (χ2n) is 11.0. The lowest BCUT2D eigenvalue weighted by molar-refractivity contribution is 0.0950. The number of nitrogens with one attached hydrogen (secondary N) is 3. The standard InChI is InChI=1S/C34H37Cl2N5O3/c1-4-12-37-33(42)26-20-25-23(19-32(26)44-3)11-14-41(31(25)18-22-9-10-27(35)28(36)17-22)15-13-38-34(43)40-30-16-21(2)39-29-8-6-5-7-24(29)30/h5-10,16-17,19-20,31H,4,11-15,18H2,1-3H3,(H,37,42)(H2,38,39,40,43). The number of amides is 3. The van der Waals surface area contributed by atoms with Gasteiger partial charge < -0.3 is 20.7 Å². The molecule has 3 N–H and O–H groups in total. The summed E-state index contributed by atoms with van der Waals surface area (Å²) < 4.78 is 5.63. The highest BCUT2D eigenvalue weighted by Gasteiger charge is 2.30. The van der Waals surface area contributed by atoms with E-state index < -0.39 is 0 Å². The van der Waals surface area contributed by atoms with Crippen molar-refractivity contribution in [2.75, 3.05) is 38.6 Å². The predicted octanol–water partition coefficient (Wildman–Crippen LogP) is 6.96. The van der Waals surface area contributed by atoms with Crippen LogP contribution in [0.3, 0.4) is 0 Å². The number of para-hydroxylation sites is 1. The number of benzene rings is 3. The summed E-state index contributed by atoms with van der Waals surface area (Å²) in [5, 5.41) is 10.9. The van der Waals surface area contributed by atoms with Crippen molar-refractivity contribution in [3.63, 3.8) is 0 Å². The van der Waals surface area contributed by atoms with Crippen LogP contribution in [0.15, 0.2) is 60.7 Å². The number of carbonyl (C=O) groups is 2. The number of urea groups is 1. The van der Waals surface area contributed by atoms with E-state index in [1.807, 2.05) is 68.4 Å². The Morgan fingerprint density at radius 2 is 1.84 bits per heavy atom. The van der Waals surface area contributed by atoms with Gasteiger partial charge in [0.2, 0.25) is 0 Å². The SMILES string of the molecule is CCCNC(=O)c1cc2c(cc1OC)CCN(CCNC(=O)Nc1cc(C)nc3ccccc13)C2Cc1ccc(Cl)c(Cl)c1. The molecule has 1 atom stereocenters. The molecular formula is C34H37Cl2N5O3. The van der Waals surface area contributed by atoms with E-state index in [0.29, 0.717) is 47.4 Å². The lowest BCUT2D eigenvalue weighted by Gasteiger charge is -2.38. The number of carbonyl (C=O) groups excluding carboxylic acids is 2. The highest BCUT2D eigenvalue weighted by atomic mass is 35.5. The smallest absolute Gasteiger partial charge is 0.319 e. The lowest BCUT2D eigenvalue weighted by Crippen LogP contribution is -2.42. The minimum atomic E-state index is -0.279. The van der Waals surface area contributed by atoms with E-state index in [2.05, 4.69) is 25.8 Å². The van der Waals surface area contributed by atoms with Gasteiger partial charge in [-0.25, -0.2) is 4.79 Å². The Morgan fingerprint density at radius 1 is 1.02 bits per heavy atom. The zero-order valence-electron chi connectivity index (χ0n) is 25.2. The number of hydrogen-bond donors (Lipinski definition) is 3. The summed E-state index contributed by atoms with van der Waals surface area (Å²) in [5.41, 5.74) is 6.13. The molecule has 10 heteroatoms. The fraction of sp³-hybridized carbons (Fsp3) is 0.324. The number of fused-ring (bicyclic) bond motifs is 2. The van der Waals surface area contributed by atoms with Gasteiger partial charge in [-0.1, -0.05) is 54.4 Å². The van der Waals surface area contributed by atoms with Gasteiger partial charge in [-0.3, -0.25) is 14.7 Å². The highest BCUT2D eigenvalue weighted by molar-refractivity contribution is 6.42. The quantitative estimate of drug-likeness (QED) is 0.175. The van der Waals surface area contributed by atoms with Crippen molar-refractivity contribution >= 4 is 51.7 Å². The van der Waals surface area contributed by atoms with Crippen molar-refractivity contribution in [3.8, 4) is 5.75 Å². The van der Waals surface area contributed by atoms with Crippen molar-refractivity contribution in [1.82, 2.24) is 20.5 Å². The fourth-order valence-electron chi connectivity index (χ4n) is 5.75. The van der Waals surface area contributed by atoms with E-state index in [4.69, 9.17) is 27.9 Å². The van der Waals surface area contributed by atoms with E-state index in [9.17, 15) is 9.59 Å². The van der Waals surface area contributed by atoms with Crippen LogP contribution in [0.5, 0.6) is 5.75 Å². The topological polar surface area (TPSA) is 95.6 Å². The van der Waals surface area contributed by atoms with Crippen LogP contribution < -0.4 is 20.7 Å². The lowest BCUT2D eigenvalue weighted by atomic mass is 9.87. The van der Waals surface area contributed by atoms with Gasteiger partial charge in [0.1, 0.15) is 5.75 Å². The number of ether oxygens (including phenoxy) is 1. The molecule has 0 fully saturated rings. The molecule has 1 aromatic heterocycles. The van der Waals surface area contributed by atoms with Gasteiger partial charge in [0.25, 0.3) is 5.91 Å². The van der Waals surface area contributed by atoms with E-state index in [0.717, 1.165) is 58.4 Å². The maximum absolute atomic E-state index is 13.1. The molecule has 0 aliphatic carbocycles. The van der Waals surface area contributed by atoms with E-state index in [1.54, 1.807) is 13.2 Å². The van der Waals surface area contributed by atoms with Gasteiger partial charge in [-0.15, -0.1) is 0 Å². The number of aryl methyl sites for hydroxylation is 1. The van der Waals surface area contributed by atoms with Crippen molar-refractivity contribution < 1.29 is 14.3 Å². The van der Waals surface area contributed by atoms with Crippen LogP contribution >= 0.6 is 23.2 Å². The number of pyridine rings is 1. The molecule has 44 heavy (non-hydrogen) atoms. The molecule has 3 aromatic carbocycles. The van der Waals surface area contributed by atoms with Crippen LogP contribution in [-0.2, 0) is 12.8 Å². The Kier molecular flexibility index (Phi) is 10.3. The summed E-state index contributed by atoms with van der Waals surface area (Å²) in [6.07, 6.45) is 2.28. The number of methoxy groups -OCH3 is 1. The molecule has 0 spiro atoms. The monoisotopic (exact) mass is 633 g/mol. The average Bonchev–Trinajstić information content (AvgIpc) is 3.01. The number of nitrogens with zero attached hydrogens (tertiary/aromatic N) is 2. The normalized spacial score (nSPS) is 14.6. The fourth-order valence-corrected chi connectivity index (χ4v) is 6.07. The van der Waals surface area contributed by atoms with Crippen LogP contribution in [-0.4, -0.2) is 55.1 Å². The molecule has 3 amide bonds. The molecule has 0 radical (unpaired) electrons. The minimum absolute atomic E-state index is 0.0590. The first kappa shape index (κ1) is 31.6. The molecule has 1 unspecified atom stereocenters. The summed E-state index contributed by atoms with van der Waals surface area (Å²) in [6, 6.07) is 18.9. The van der Waals surface area contributed by atoms with Gasteiger partial charge in [0, 0.05) is 43.3 Å². The first-order valence-corrected chi connectivity index (χ1v) is 15.6. The Labute approximate surface area is 268 Å². The molecule has 1 aliphatic rings. The zero-order chi connectivity index (χ0) is 31.2. The molecule has 0 saturated heterocycles. The number of anilines is 1. The van der Waals surface area contributed by atoms with Crippen molar-refractivity contribution in [2.24, 2.45) is 0 Å². The van der Waals surface area contributed by atoms with Crippen LogP contribution in [0, 0.1) is 6.92 Å². The Balaban J connectivity index is 1.36. The van der Waals surface area contributed by atoms with Crippen molar-refractivity contribution in [3.05, 3.63) is 98.7 Å². The number of halogens is 2. The van der Waals surface area contributed by atoms with Gasteiger partial charge in [-0.05, 0) is 79.3 Å². The molecular weight excluding hydrogens is 597 g/mol. The maximum atomic E-state index is 13.1. The number of aromatic nitrogens is 1. The molecule has 8 nitrogen and oxygen atoms in total. The predicted molar refractivity (Wildman–Crippen MR) is 177 cm³/mol. The summed E-state index contributed by atoms with van der Waals surface area (Å²) in [6.45, 7) is 6.33. The largest absolute Gasteiger partial charge is 0.496 e. The number of rotatable bonds is 10. The molecule has 0 saturated carbocycles. The van der Waals surface area contributed by atoms with Crippen LogP contribution in [0.1, 0.15) is 52.1 Å². The maximum Gasteiger partial charge on any atom is 0.319 e. The third-order valence-electron chi connectivity index (χ3n) is 7.90. The Hall–Kier alpha value is -3.85. The summed E-state index contributed by atoms with van der Waals surface area (Å²) in [4.78, 5) is 33.0. The third kappa shape index (κ3) is 7.26. The molecule has 4 aromatic rings. The van der Waals surface area contributed by atoms with E-state index in [1.165, 1.54) is 0 Å².